The molecule has 8 nitrogen and oxygen atoms in total. The molecule has 1 saturated carbocycles. The van der Waals surface area contributed by atoms with Crippen LogP contribution < -0.4 is 10.3 Å². The molecule has 0 radical (unpaired) electrons. The molecular weight excluding hydrogens is 499 g/mol. The van der Waals surface area contributed by atoms with E-state index < -0.39 is 11.4 Å². The predicted octanol–water partition coefficient (Wildman–Crippen LogP) is 4.77. The number of piperazine rings is 1. The molecule has 1 aliphatic heterocycles. The van der Waals surface area contributed by atoms with Crippen molar-refractivity contribution in [1.29, 1.82) is 0 Å². The van der Waals surface area contributed by atoms with E-state index in [1.54, 1.807) is 23.1 Å². The second-order valence-electron chi connectivity index (χ2n) is 10.5. The van der Waals surface area contributed by atoms with Crippen LogP contribution in [0, 0.1) is 5.82 Å². The molecule has 37 heavy (non-hydrogen) atoms. The van der Waals surface area contributed by atoms with Gasteiger partial charge in [-0.25, -0.2) is 14.2 Å². The van der Waals surface area contributed by atoms with Crippen molar-refractivity contribution in [2.45, 2.75) is 51.9 Å². The molecule has 10 heteroatoms. The molecule has 5 rings (SSSR count). The number of halogens is 2. The van der Waals surface area contributed by atoms with Crippen molar-refractivity contribution in [3.05, 3.63) is 63.4 Å². The summed E-state index contributed by atoms with van der Waals surface area (Å²) in [6.07, 6.45) is 1.63. The fourth-order valence-electron chi connectivity index (χ4n) is 4.31. The van der Waals surface area contributed by atoms with Gasteiger partial charge in [0, 0.05) is 37.3 Å². The Balaban J connectivity index is 1.48. The zero-order valence-electron chi connectivity index (χ0n) is 21.2. The van der Waals surface area contributed by atoms with Crippen molar-refractivity contribution in [3.8, 4) is 11.4 Å². The van der Waals surface area contributed by atoms with Crippen molar-refractivity contribution in [3.63, 3.8) is 0 Å². The Morgan fingerprint density at radius 1 is 1.11 bits per heavy atom. The first-order valence-corrected chi connectivity index (χ1v) is 12.8. The zero-order valence-corrected chi connectivity index (χ0v) is 21.9. The summed E-state index contributed by atoms with van der Waals surface area (Å²) < 4.78 is 27.2. The van der Waals surface area contributed by atoms with Gasteiger partial charge in [-0.2, -0.15) is 0 Å². The van der Waals surface area contributed by atoms with Crippen LogP contribution in [0.2, 0.25) is 5.02 Å². The minimum absolute atomic E-state index is 0.0863. The third kappa shape index (κ3) is 5.88. The molecule has 1 amide bonds. The van der Waals surface area contributed by atoms with Gasteiger partial charge in [-0.15, -0.1) is 0 Å². The number of aromatic nitrogens is 2. The van der Waals surface area contributed by atoms with Crippen molar-refractivity contribution < 1.29 is 18.7 Å². The standard InChI is InChI=1S/C27H30ClFN4O4/c1-27(2,3)37-26(35)32-12-10-31(11-13-32)16-24-30-21-8-5-18(29)15-20(21)25(34)33(24)22-9-4-17(28)14-23(22)36-19-6-7-19/h4-5,8-9,14-15,19H,6-7,10-13,16H2,1-3H3. The number of carbonyl (C=O) groups excluding carboxylic acids is 1. The number of hydrogen-bond donors (Lipinski definition) is 0. The highest BCUT2D eigenvalue weighted by Crippen LogP contribution is 2.33. The third-order valence-electron chi connectivity index (χ3n) is 6.27. The lowest BCUT2D eigenvalue weighted by molar-refractivity contribution is 0.0136. The maximum absolute atomic E-state index is 14.1. The monoisotopic (exact) mass is 528 g/mol. The highest BCUT2D eigenvalue weighted by molar-refractivity contribution is 6.30. The molecule has 2 fully saturated rings. The Labute approximate surface area is 219 Å². The lowest BCUT2D eigenvalue weighted by Crippen LogP contribution is -2.50. The van der Waals surface area contributed by atoms with E-state index in [1.807, 2.05) is 20.8 Å². The summed E-state index contributed by atoms with van der Waals surface area (Å²) in [6.45, 7) is 8.05. The normalized spacial score (nSPS) is 16.7. The second-order valence-corrected chi connectivity index (χ2v) is 10.9. The third-order valence-corrected chi connectivity index (χ3v) is 6.50. The van der Waals surface area contributed by atoms with Crippen LogP contribution in [0.25, 0.3) is 16.6 Å². The number of rotatable bonds is 5. The van der Waals surface area contributed by atoms with E-state index in [-0.39, 0.29) is 23.1 Å². The summed E-state index contributed by atoms with van der Waals surface area (Å²) in [5.41, 5.74) is -0.00157. The van der Waals surface area contributed by atoms with E-state index in [4.69, 9.17) is 26.1 Å². The molecule has 0 atom stereocenters. The van der Waals surface area contributed by atoms with Crippen molar-refractivity contribution in [1.82, 2.24) is 19.4 Å². The molecule has 0 spiro atoms. The summed E-state index contributed by atoms with van der Waals surface area (Å²) in [6, 6.07) is 9.15. The Morgan fingerprint density at radius 3 is 2.51 bits per heavy atom. The van der Waals surface area contributed by atoms with Gasteiger partial charge in [-0.05, 0) is 63.9 Å². The van der Waals surface area contributed by atoms with Gasteiger partial charge >= 0.3 is 6.09 Å². The number of benzene rings is 2. The van der Waals surface area contributed by atoms with Gasteiger partial charge in [0.15, 0.2) is 0 Å². The molecule has 0 bridgehead atoms. The molecule has 196 valence electrons. The first kappa shape index (κ1) is 25.5. The Hall–Kier alpha value is -3.17. The molecule has 1 aliphatic carbocycles. The highest BCUT2D eigenvalue weighted by Gasteiger charge is 2.28. The minimum atomic E-state index is -0.558. The average molecular weight is 529 g/mol. The van der Waals surface area contributed by atoms with Crippen LogP contribution in [-0.4, -0.2) is 63.3 Å². The fourth-order valence-corrected chi connectivity index (χ4v) is 4.47. The predicted molar refractivity (Wildman–Crippen MR) is 139 cm³/mol. The highest BCUT2D eigenvalue weighted by atomic mass is 35.5. The van der Waals surface area contributed by atoms with Crippen molar-refractivity contribution in [2.24, 2.45) is 0 Å². The average Bonchev–Trinajstić information content (AvgIpc) is 3.64. The van der Waals surface area contributed by atoms with E-state index >= 15 is 0 Å². The van der Waals surface area contributed by atoms with E-state index in [0.29, 0.717) is 60.5 Å². The topological polar surface area (TPSA) is 76.9 Å². The lowest BCUT2D eigenvalue weighted by atomic mass is 10.2. The van der Waals surface area contributed by atoms with Gasteiger partial charge < -0.3 is 14.4 Å². The molecule has 2 aliphatic rings. The number of carbonyl (C=O) groups is 1. The quantitative estimate of drug-likeness (QED) is 0.475. The van der Waals surface area contributed by atoms with Crippen LogP contribution >= 0.6 is 11.6 Å². The lowest BCUT2D eigenvalue weighted by Gasteiger charge is -2.35. The molecular formula is C27H30ClFN4O4. The smallest absolute Gasteiger partial charge is 0.410 e. The van der Waals surface area contributed by atoms with Crippen LogP contribution in [-0.2, 0) is 11.3 Å². The van der Waals surface area contributed by atoms with Gasteiger partial charge in [0.2, 0.25) is 0 Å². The fraction of sp³-hybridized carbons (Fsp3) is 0.444. The van der Waals surface area contributed by atoms with Crippen molar-refractivity contribution >= 4 is 28.6 Å². The maximum atomic E-state index is 14.1. The summed E-state index contributed by atoms with van der Waals surface area (Å²) in [5.74, 6) is 0.484. The molecule has 1 aromatic heterocycles. The van der Waals surface area contributed by atoms with Gasteiger partial charge in [-0.1, -0.05) is 11.6 Å². The Morgan fingerprint density at radius 2 is 1.84 bits per heavy atom. The largest absolute Gasteiger partial charge is 0.488 e. The molecule has 0 N–H and O–H groups in total. The summed E-state index contributed by atoms with van der Waals surface area (Å²) in [5, 5.41) is 0.679. The maximum Gasteiger partial charge on any atom is 0.410 e. The molecule has 3 aromatic rings. The molecule has 2 heterocycles. The molecule has 2 aromatic carbocycles. The zero-order chi connectivity index (χ0) is 26.3. The second kappa shape index (κ2) is 9.95. The van der Waals surface area contributed by atoms with Gasteiger partial charge in [-0.3, -0.25) is 14.3 Å². The summed E-state index contributed by atoms with van der Waals surface area (Å²) in [7, 11) is 0. The molecule has 0 unspecified atom stereocenters. The van der Waals surface area contributed by atoms with Crippen LogP contribution in [0.1, 0.15) is 39.4 Å². The van der Waals surface area contributed by atoms with Gasteiger partial charge in [0.25, 0.3) is 5.56 Å². The van der Waals surface area contributed by atoms with Crippen molar-refractivity contribution in [2.75, 3.05) is 26.2 Å². The van der Waals surface area contributed by atoms with Crippen LogP contribution in [0.5, 0.6) is 5.75 Å². The van der Waals surface area contributed by atoms with Gasteiger partial charge in [0.1, 0.15) is 23.0 Å². The van der Waals surface area contributed by atoms with Gasteiger partial charge in [0.05, 0.1) is 29.2 Å². The number of amides is 1. The Bertz CT molecular complexity index is 1390. The minimum Gasteiger partial charge on any atom is -0.488 e. The van der Waals surface area contributed by atoms with Crippen LogP contribution in [0.15, 0.2) is 41.2 Å². The van der Waals surface area contributed by atoms with E-state index in [2.05, 4.69) is 4.90 Å². The molecule has 1 saturated heterocycles. The number of ether oxygens (including phenoxy) is 2. The van der Waals surface area contributed by atoms with E-state index in [0.717, 1.165) is 12.8 Å². The SMILES string of the molecule is CC(C)(C)OC(=O)N1CCN(Cc2nc3ccc(F)cc3c(=O)n2-c2ccc(Cl)cc2OC2CC2)CC1. The van der Waals surface area contributed by atoms with E-state index in [1.165, 1.54) is 22.8 Å². The first-order chi connectivity index (χ1) is 17.6. The first-order valence-electron chi connectivity index (χ1n) is 12.5. The summed E-state index contributed by atoms with van der Waals surface area (Å²) in [4.78, 5) is 34.8. The summed E-state index contributed by atoms with van der Waals surface area (Å²) >= 11 is 6.26. The van der Waals surface area contributed by atoms with E-state index in [9.17, 15) is 14.0 Å². The van der Waals surface area contributed by atoms with Crippen LogP contribution in [0.4, 0.5) is 9.18 Å². The Kier molecular flexibility index (Phi) is 6.85. The number of nitrogens with zero attached hydrogens (tertiary/aromatic N) is 4. The number of fused-ring (bicyclic) bond motifs is 1. The number of hydrogen-bond acceptors (Lipinski definition) is 6. The van der Waals surface area contributed by atoms with Crippen LogP contribution in [0.3, 0.4) is 0 Å².